The number of aliphatic hydroxyl groups is 1. The van der Waals surface area contributed by atoms with Crippen molar-refractivity contribution in [3.63, 3.8) is 0 Å². The van der Waals surface area contributed by atoms with Crippen LogP contribution in [0.1, 0.15) is 45.3 Å². The lowest BCUT2D eigenvalue weighted by molar-refractivity contribution is -0.274. The van der Waals surface area contributed by atoms with E-state index >= 15 is 0 Å². The maximum Gasteiger partial charge on any atom is 0.573 e. The smallest absolute Gasteiger partial charge is 0.406 e. The van der Waals surface area contributed by atoms with Crippen LogP contribution in [0, 0.1) is 5.41 Å². The highest BCUT2D eigenvalue weighted by atomic mass is 19.4. The molecule has 0 bridgehead atoms. The number of halogens is 3. The summed E-state index contributed by atoms with van der Waals surface area (Å²) >= 11 is 0. The highest BCUT2D eigenvalue weighted by Gasteiger charge is 2.31. The average Bonchev–Trinajstić information content (AvgIpc) is 2.23. The van der Waals surface area contributed by atoms with Gasteiger partial charge in [-0.1, -0.05) is 32.9 Å². The summed E-state index contributed by atoms with van der Waals surface area (Å²) in [7, 11) is 0. The molecule has 5 heteroatoms. The van der Waals surface area contributed by atoms with Crippen LogP contribution in [0.4, 0.5) is 13.2 Å². The van der Waals surface area contributed by atoms with Crippen LogP contribution in [0.3, 0.4) is 0 Å². The van der Waals surface area contributed by atoms with E-state index in [0.717, 1.165) is 6.42 Å². The Morgan fingerprint density at radius 1 is 1.21 bits per heavy atom. The number of alkyl halides is 3. The average molecular weight is 276 g/mol. The van der Waals surface area contributed by atoms with E-state index in [-0.39, 0.29) is 11.2 Å². The van der Waals surface area contributed by atoms with Crippen molar-refractivity contribution < 1.29 is 23.0 Å². The number of benzene rings is 1. The highest BCUT2D eigenvalue weighted by molar-refractivity contribution is 5.30. The molecule has 0 aliphatic rings. The fourth-order valence-corrected chi connectivity index (χ4v) is 1.66. The van der Waals surface area contributed by atoms with Crippen LogP contribution < -0.4 is 4.74 Å². The molecule has 1 N–H and O–H groups in total. The predicted molar refractivity (Wildman–Crippen MR) is 66.8 cm³/mol. The standard InChI is InChI=1S/C14H19F3O2/c1-13(2,3)8-7-12(18)10-5-4-6-11(9-10)19-14(15,16)17/h4-6,9,12,18H,7-8H2,1-3H3. The van der Waals surface area contributed by atoms with Crippen LogP contribution in [0.5, 0.6) is 5.75 Å². The zero-order valence-corrected chi connectivity index (χ0v) is 11.3. The highest BCUT2D eigenvalue weighted by Crippen LogP contribution is 2.30. The Morgan fingerprint density at radius 3 is 2.37 bits per heavy atom. The molecule has 0 heterocycles. The molecule has 1 atom stereocenters. The Kier molecular flexibility index (Phi) is 4.85. The molecule has 2 nitrogen and oxygen atoms in total. The van der Waals surface area contributed by atoms with E-state index in [4.69, 9.17) is 0 Å². The molecule has 0 aliphatic heterocycles. The number of aliphatic hydroxyl groups excluding tert-OH is 1. The fraction of sp³-hybridized carbons (Fsp3) is 0.571. The van der Waals surface area contributed by atoms with E-state index in [1.54, 1.807) is 6.07 Å². The molecule has 0 fully saturated rings. The van der Waals surface area contributed by atoms with Crippen molar-refractivity contribution in [2.45, 2.75) is 46.1 Å². The van der Waals surface area contributed by atoms with Crippen LogP contribution in [0.25, 0.3) is 0 Å². The van der Waals surface area contributed by atoms with Crippen LogP contribution in [0.15, 0.2) is 24.3 Å². The third kappa shape index (κ3) is 6.47. The minimum atomic E-state index is -4.71. The summed E-state index contributed by atoms with van der Waals surface area (Å²) in [4.78, 5) is 0. The van der Waals surface area contributed by atoms with Crippen LogP contribution in [-0.2, 0) is 0 Å². The largest absolute Gasteiger partial charge is 0.573 e. The van der Waals surface area contributed by atoms with Crippen molar-refractivity contribution in [2.24, 2.45) is 5.41 Å². The minimum absolute atomic E-state index is 0.0705. The molecular weight excluding hydrogens is 257 g/mol. The molecule has 1 rings (SSSR count). The normalized spacial score (nSPS) is 14.3. The van der Waals surface area contributed by atoms with Gasteiger partial charge in [0.2, 0.25) is 0 Å². The van der Waals surface area contributed by atoms with Crippen LogP contribution in [-0.4, -0.2) is 11.5 Å². The molecule has 1 unspecified atom stereocenters. The second kappa shape index (κ2) is 5.82. The third-order valence-corrected chi connectivity index (χ3v) is 2.64. The van der Waals surface area contributed by atoms with Gasteiger partial charge in [0.15, 0.2) is 0 Å². The third-order valence-electron chi connectivity index (χ3n) is 2.64. The van der Waals surface area contributed by atoms with Gasteiger partial charge < -0.3 is 9.84 Å². The van der Waals surface area contributed by atoms with E-state index < -0.39 is 12.5 Å². The Bertz CT molecular complexity index is 408. The quantitative estimate of drug-likeness (QED) is 0.880. The summed E-state index contributed by atoms with van der Waals surface area (Å²) in [5, 5.41) is 9.97. The van der Waals surface area contributed by atoms with Crippen molar-refractivity contribution in [3.05, 3.63) is 29.8 Å². The Labute approximate surface area is 111 Å². The topological polar surface area (TPSA) is 29.5 Å². The van der Waals surface area contributed by atoms with E-state index in [9.17, 15) is 18.3 Å². The van der Waals surface area contributed by atoms with Gasteiger partial charge >= 0.3 is 6.36 Å². The molecule has 0 saturated carbocycles. The molecule has 19 heavy (non-hydrogen) atoms. The van der Waals surface area contributed by atoms with Crippen molar-refractivity contribution in [1.29, 1.82) is 0 Å². The van der Waals surface area contributed by atoms with Crippen LogP contribution >= 0.6 is 0 Å². The number of hydrogen-bond acceptors (Lipinski definition) is 2. The SMILES string of the molecule is CC(C)(C)CCC(O)c1cccc(OC(F)(F)F)c1. The van der Waals surface area contributed by atoms with Gasteiger partial charge in [-0.25, -0.2) is 0 Å². The van der Waals surface area contributed by atoms with Crippen LogP contribution in [0.2, 0.25) is 0 Å². The fourth-order valence-electron chi connectivity index (χ4n) is 1.66. The first-order valence-corrected chi connectivity index (χ1v) is 6.11. The Balaban J connectivity index is 2.70. The molecule has 0 amide bonds. The number of hydrogen-bond donors (Lipinski definition) is 1. The molecule has 108 valence electrons. The van der Waals surface area contributed by atoms with Crippen molar-refractivity contribution >= 4 is 0 Å². The molecule has 0 radical (unpaired) electrons. The molecule has 1 aromatic rings. The lowest BCUT2D eigenvalue weighted by Crippen LogP contribution is -2.17. The summed E-state index contributed by atoms with van der Waals surface area (Å²) in [6, 6.07) is 5.47. The van der Waals surface area contributed by atoms with Gasteiger partial charge in [0.25, 0.3) is 0 Å². The number of ether oxygens (including phenoxy) is 1. The van der Waals surface area contributed by atoms with Crippen molar-refractivity contribution in [1.82, 2.24) is 0 Å². The predicted octanol–water partition coefficient (Wildman–Crippen LogP) is 4.44. The molecule has 0 spiro atoms. The lowest BCUT2D eigenvalue weighted by atomic mass is 9.88. The second-order valence-corrected chi connectivity index (χ2v) is 5.74. The van der Waals surface area contributed by atoms with Gasteiger partial charge in [-0.2, -0.15) is 0 Å². The van der Waals surface area contributed by atoms with Gasteiger partial charge in [0.1, 0.15) is 5.75 Å². The molecule has 1 aromatic carbocycles. The minimum Gasteiger partial charge on any atom is -0.406 e. The van der Waals surface area contributed by atoms with Crippen molar-refractivity contribution in [2.75, 3.05) is 0 Å². The Hall–Kier alpha value is -1.23. The lowest BCUT2D eigenvalue weighted by Gasteiger charge is -2.20. The van der Waals surface area contributed by atoms with Gasteiger partial charge in [-0.3, -0.25) is 0 Å². The monoisotopic (exact) mass is 276 g/mol. The molecular formula is C14H19F3O2. The first-order chi connectivity index (χ1) is 8.57. The maximum absolute atomic E-state index is 12.1. The van der Waals surface area contributed by atoms with Gasteiger partial charge in [0.05, 0.1) is 6.10 Å². The second-order valence-electron chi connectivity index (χ2n) is 5.74. The van der Waals surface area contributed by atoms with E-state index in [2.05, 4.69) is 4.74 Å². The summed E-state index contributed by atoms with van der Waals surface area (Å²) in [6.45, 7) is 6.13. The van der Waals surface area contributed by atoms with E-state index in [1.807, 2.05) is 20.8 Å². The van der Waals surface area contributed by atoms with Gasteiger partial charge in [-0.05, 0) is 36.0 Å². The molecule has 0 aliphatic carbocycles. The summed E-state index contributed by atoms with van der Waals surface area (Å²) in [5.41, 5.74) is 0.507. The van der Waals surface area contributed by atoms with E-state index in [1.165, 1.54) is 18.2 Å². The van der Waals surface area contributed by atoms with Gasteiger partial charge in [0, 0.05) is 0 Å². The van der Waals surface area contributed by atoms with Gasteiger partial charge in [-0.15, -0.1) is 13.2 Å². The zero-order chi connectivity index (χ0) is 14.7. The summed E-state index contributed by atoms with van der Waals surface area (Å²) in [5.74, 6) is -0.306. The first kappa shape index (κ1) is 15.8. The Morgan fingerprint density at radius 2 is 1.84 bits per heavy atom. The van der Waals surface area contributed by atoms with Crippen molar-refractivity contribution in [3.8, 4) is 5.75 Å². The summed E-state index contributed by atoms with van der Waals surface area (Å²) in [6.07, 6.45) is -4.22. The molecule has 0 saturated heterocycles. The maximum atomic E-state index is 12.1. The molecule has 0 aromatic heterocycles. The number of rotatable bonds is 4. The zero-order valence-electron chi connectivity index (χ0n) is 11.3. The summed E-state index contributed by atoms with van der Waals surface area (Å²) < 4.78 is 40.1. The first-order valence-electron chi connectivity index (χ1n) is 6.11. The van der Waals surface area contributed by atoms with E-state index in [0.29, 0.717) is 12.0 Å².